The van der Waals surface area contributed by atoms with Crippen LogP contribution in [0.4, 0.5) is 20.3 Å². The van der Waals surface area contributed by atoms with Crippen LogP contribution in [0.2, 0.25) is 0 Å². The number of imidazole rings is 1. The third-order valence-electron chi connectivity index (χ3n) is 5.84. The lowest BCUT2D eigenvalue weighted by atomic mass is 9.87. The summed E-state index contributed by atoms with van der Waals surface area (Å²) >= 11 is 0. The Labute approximate surface area is 182 Å². The summed E-state index contributed by atoms with van der Waals surface area (Å²) in [5.74, 6) is -1.23. The van der Waals surface area contributed by atoms with Gasteiger partial charge in [-0.3, -0.25) is 4.79 Å². The largest absolute Gasteiger partial charge is 0.364 e. The first-order valence-electron chi connectivity index (χ1n) is 10.2. The van der Waals surface area contributed by atoms with Crippen LogP contribution in [0, 0.1) is 18.6 Å². The molecule has 2 N–H and O–H groups in total. The van der Waals surface area contributed by atoms with E-state index in [1.807, 2.05) is 32.0 Å². The smallest absolute Gasteiger partial charge is 0.259 e. The van der Waals surface area contributed by atoms with Crippen LogP contribution in [0.5, 0.6) is 0 Å². The fourth-order valence-electron chi connectivity index (χ4n) is 4.37. The molecule has 162 valence electrons. The monoisotopic (exact) mass is 434 g/mol. The predicted octanol–water partition coefficient (Wildman–Crippen LogP) is 4.01. The van der Waals surface area contributed by atoms with Crippen LogP contribution in [-0.4, -0.2) is 37.9 Å². The van der Waals surface area contributed by atoms with Crippen LogP contribution in [0.3, 0.4) is 0 Å². The molecule has 2 unspecified atom stereocenters. The summed E-state index contributed by atoms with van der Waals surface area (Å²) < 4.78 is 28.2. The highest BCUT2D eigenvalue weighted by atomic mass is 19.1. The van der Waals surface area contributed by atoms with Crippen LogP contribution < -0.4 is 10.2 Å². The lowest BCUT2D eigenvalue weighted by molar-refractivity contribution is 0.0964. The number of amides is 1. The predicted molar refractivity (Wildman–Crippen MR) is 117 cm³/mol. The van der Waals surface area contributed by atoms with Crippen molar-refractivity contribution in [2.75, 3.05) is 10.2 Å². The van der Waals surface area contributed by atoms with E-state index in [1.165, 1.54) is 29.7 Å². The normalized spacial score (nSPS) is 16.8. The molecule has 5 rings (SSSR count). The topological polar surface area (TPSA) is 86.8 Å². The van der Waals surface area contributed by atoms with E-state index in [0.29, 0.717) is 29.0 Å². The SMILES string of the molecule is Cc1cccc2c1C(=O)N(c1cc(F)cc(F)c1)C(C(C)Nc1ncnc3nc[nH]c13)C2. The average Bonchev–Trinajstić information content (AvgIpc) is 3.22. The Morgan fingerprint density at radius 1 is 1.16 bits per heavy atom. The molecule has 0 saturated heterocycles. The van der Waals surface area contributed by atoms with Gasteiger partial charge < -0.3 is 15.2 Å². The van der Waals surface area contributed by atoms with E-state index in [2.05, 4.69) is 25.3 Å². The third-order valence-corrected chi connectivity index (χ3v) is 5.84. The number of carbonyl (C=O) groups excluding carboxylic acids is 1. The lowest BCUT2D eigenvalue weighted by Crippen LogP contribution is -2.53. The molecular weight excluding hydrogens is 414 g/mol. The maximum atomic E-state index is 14.1. The van der Waals surface area contributed by atoms with Gasteiger partial charge in [0.25, 0.3) is 5.91 Å². The molecular formula is C23H20F2N6O. The van der Waals surface area contributed by atoms with Gasteiger partial charge in [-0.1, -0.05) is 18.2 Å². The zero-order valence-corrected chi connectivity index (χ0v) is 17.4. The molecule has 9 heteroatoms. The Balaban J connectivity index is 1.59. The summed E-state index contributed by atoms with van der Waals surface area (Å²) in [5.41, 5.74) is 3.62. The highest BCUT2D eigenvalue weighted by Gasteiger charge is 2.38. The number of nitrogens with zero attached hydrogens (tertiary/aromatic N) is 4. The summed E-state index contributed by atoms with van der Waals surface area (Å²) in [6.45, 7) is 3.77. The van der Waals surface area contributed by atoms with Crippen molar-refractivity contribution in [3.05, 3.63) is 77.4 Å². The van der Waals surface area contributed by atoms with Crippen molar-refractivity contribution in [1.82, 2.24) is 19.9 Å². The standard InChI is InChI=1S/C23H20F2N6O/c1-12-4-3-5-14-6-18(13(2)30-22-20-21(27-10-26-20)28-11-29-22)31(23(32)19(12)14)17-8-15(24)7-16(25)9-17/h3-5,7-11,13,18H,6H2,1-2H3,(H2,26,27,28,29,30). The van der Waals surface area contributed by atoms with Gasteiger partial charge in [0.15, 0.2) is 11.5 Å². The summed E-state index contributed by atoms with van der Waals surface area (Å²) in [5, 5.41) is 3.33. The van der Waals surface area contributed by atoms with Crippen LogP contribution >= 0.6 is 0 Å². The van der Waals surface area contributed by atoms with Crippen LogP contribution in [0.25, 0.3) is 11.2 Å². The number of nitrogens with one attached hydrogen (secondary N) is 2. The molecule has 0 radical (unpaired) electrons. The fourth-order valence-corrected chi connectivity index (χ4v) is 4.37. The van der Waals surface area contributed by atoms with Crippen molar-refractivity contribution in [3.8, 4) is 0 Å². The average molecular weight is 434 g/mol. The molecule has 4 aromatic rings. The van der Waals surface area contributed by atoms with E-state index in [9.17, 15) is 13.6 Å². The van der Waals surface area contributed by atoms with Gasteiger partial charge in [-0.2, -0.15) is 0 Å². The zero-order valence-electron chi connectivity index (χ0n) is 17.4. The molecule has 0 saturated carbocycles. The summed E-state index contributed by atoms with van der Waals surface area (Å²) in [7, 11) is 0. The molecule has 0 bridgehead atoms. The first-order chi connectivity index (χ1) is 15.4. The number of fused-ring (bicyclic) bond motifs is 2. The lowest BCUT2D eigenvalue weighted by Gasteiger charge is -2.40. The molecule has 3 heterocycles. The summed E-state index contributed by atoms with van der Waals surface area (Å²) in [4.78, 5) is 30.6. The van der Waals surface area contributed by atoms with Crippen LogP contribution in [0.1, 0.15) is 28.4 Å². The van der Waals surface area contributed by atoms with Crippen molar-refractivity contribution in [2.45, 2.75) is 32.4 Å². The Bertz CT molecular complexity index is 1320. The van der Waals surface area contributed by atoms with Gasteiger partial charge in [0, 0.05) is 17.7 Å². The minimum Gasteiger partial charge on any atom is -0.364 e. The van der Waals surface area contributed by atoms with Crippen molar-refractivity contribution >= 4 is 28.6 Å². The van der Waals surface area contributed by atoms with E-state index in [-0.39, 0.29) is 17.6 Å². The first-order valence-corrected chi connectivity index (χ1v) is 10.2. The zero-order chi connectivity index (χ0) is 22.4. The van der Waals surface area contributed by atoms with Gasteiger partial charge in [-0.25, -0.2) is 23.7 Å². The maximum Gasteiger partial charge on any atom is 0.259 e. The van der Waals surface area contributed by atoms with Gasteiger partial charge >= 0.3 is 0 Å². The number of benzene rings is 2. The number of hydrogen-bond donors (Lipinski definition) is 2. The molecule has 7 nitrogen and oxygen atoms in total. The molecule has 1 amide bonds. The molecule has 0 spiro atoms. The maximum absolute atomic E-state index is 14.1. The number of aromatic amines is 1. The Hall–Kier alpha value is -3.88. The molecule has 0 aliphatic carbocycles. The molecule has 1 aliphatic rings. The van der Waals surface area contributed by atoms with Crippen LogP contribution in [0.15, 0.2) is 49.1 Å². The Kier molecular flexibility index (Phi) is 4.80. The highest BCUT2D eigenvalue weighted by Crippen LogP contribution is 2.33. The van der Waals surface area contributed by atoms with E-state index in [1.54, 1.807) is 0 Å². The Morgan fingerprint density at radius 3 is 2.72 bits per heavy atom. The Morgan fingerprint density at radius 2 is 1.94 bits per heavy atom. The number of hydrogen-bond acceptors (Lipinski definition) is 5. The van der Waals surface area contributed by atoms with E-state index in [4.69, 9.17) is 0 Å². The first kappa shape index (κ1) is 20.0. The second kappa shape index (κ2) is 7.67. The fraction of sp³-hybridized carbons (Fsp3) is 0.217. The number of anilines is 2. The summed E-state index contributed by atoms with van der Waals surface area (Å²) in [6, 6.07) is 8.10. The second-order valence-electron chi connectivity index (χ2n) is 7.94. The molecule has 0 fully saturated rings. The number of aromatic nitrogens is 4. The van der Waals surface area contributed by atoms with E-state index >= 15 is 0 Å². The van der Waals surface area contributed by atoms with Crippen molar-refractivity contribution < 1.29 is 13.6 Å². The summed E-state index contributed by atoms with van der Waals surface area (Å²) in [6.07, 6.45) is 3.44. The molecule has 1 aliphatic heterocycles. The van der Waals surface area contributed by atoms with Gasteiger partial charge in [-0.15, -0.1) is 0 Å². The molecule has 2 atom stereocenters. The van der Waals surface area contributed by atoms with E-state index < -0.39 is 17.7 Å². The van der Waals surface area contributed by atoms with Crippen molar-refractivity contribution in [2.24, 2.45) is 0 Å². The van der Waals surface area contributed by atoms with Crippen molar-refractivity contribution in [3.63, 3.8) is 0 Å². The van der Waals surface area contributed by atoms with Crippen molar-refractivity contribution in [1.29, 1.82) is 0 Å². The molecule has 32 heavy (non-hydrogen) atoms. The number of carbonyl (C=O) groups is 1. The quantitative estimate of drug-likeness (QED) is 0.507. The van der Waals surface area contributed by atoms with E-state index in [0.717, 1.165) is 17.2 Å². The van der Waals surface area contributed by atoms with Gasteiger partial charge in [0.05, 0.1) is 18.1 Å². The third kappa shape index (κ3) is 3.35. The number of halogens is 2. The highest BCUT2D eigenvalue weighted by molar-refractivity contribution is 6.09. The molecule has 2 aromatic heterocycles. The van der Waals surface area contributed by atoms with Gasteiger partial charge in [-0.05, 0) is 43.5 Å². The molecule has 2 aromatic carbocycles. The number of aryl methyl sites for hydroxylation is 1. The second-order valence-corrected chi connectivity index (χ2v) is 7.94. The van der Waals surface area contributed by atoms with Gasteiger partial charge in [0.2, 0.25) is 0 Å². The van der Waals surface area contributed by atoms with Gasteiger partial charge in [0.1, 0.15) is 23.5 Å². The van der Waals surface area contributed by atoms with Crippen LogP contribution in [-0.2, 0) is 6.42 Å². The minimum atomic E-state index is -0.738. The minimum absolute atomic E-state index is 0.175. The number of rotatable bonds is 4. The number of H-pyrrole nitrogens is 1.